The molecule has 5 nitrogen and oxygen atoms in total. The van der Waals surface area contributed by atoms with Crippen molar-refractivity contribution in [1.29, 1.82) is 0 Å². The summed E-state index contributed by atoms with van der Waals surface area (Å²) in [5.41, 5.74) is 1.16. The van der Waals surface area contributed by atoms with Crippen molar-refractivity contribution in [3.8, 4) is 0 Å². The Balaban J connectivity index is 1.57. The molecule has 2 fully saturated rings. The normalized spacial score (nSPS) is 26.0. The summed E-state index contributed by atoms with van der Waals surface area (Å²) in [5.74, 6) is 0.587. The Labute approximate surface area is 150 Å². The lowest BCUT2D eigenvalue weighted by molar-refractivity contribution is 0.0608. The molecule has 1 aliphatic carbocycles. The van der Waals surface area contributed by atoms with E-state index in [4.69, 9.17) is 4.74 Å². The first kappa shape index (κ1) is 18.2. The van der Waals surface area contributed by atoms with E-state index >= 15 is 0 Å². The van der Waals surface area contributed by atoms with E-state index in [2.05, 4.69) is 22.8 Å². The maximum absolute atomic E-state index is 12.5. The molecule has 2 aliphatic rings. The minimum Gasteiger partial charge on any atom is -0.393 e. The van der Waals surface area contributed by atoms with E-state index in [1.807, 2.05) is 18.2 Å². The number of urea groups is 1. The van der Waals surface area contributed by atoms with Crippen LogP contribution in [0, 0.1) is 5.92 Å². The van der Waals surface area contributed by atoms with E-state index in [0.717, 1.165) is 63.7 Å². The van der Waals surface area contributed by atoms with Crippen LogP contribution in [0.4, 0.5) is 4.79 Å². The fraction of sp³-hybridized carbons (Fsp3) is 0.650. The van der Waals surface area contributed by atoms with Crippen molar-refractivity contribution < 1.29 is 14.6 Å². The SMILES string of the molecule is O=C(NC1CCC(O)CC1)NC(CC1CCOCC1)c1ccccc1. The Morgan fingerprint density at radius 3 is 2.44 bits per heavy atom. The lowest BCUT2D eigenvalue weighted by Crippen LogP contribution is -2.45. The van der Waals surface area contributed by atoms with Crippen LogP contribution in [0.25, 0.3) is 0 Å². The fourth-order valence-electron chi connectivity index (χ4n) is 3.88. The molecule has 0 spiro atoms. The average molecular weight is 346 g/mol. The number of nitrogens with one attached hydrogen (secondary N) is 2. The highest BCUT2D eigenvalue weighted by Gasteiger charge is 2.24. The first-order valence-corrected chi connectivity index (χ1v) is 9.58. The number of amides is 2. The molecular weight excluding hydrogens is 316 g/mol. The molecule has 138 valence electrons. The monoisotopic (exact) mass is 346 g/mol. The number of aliphatic hydroxyl groups excluding tert-OH is 1. The Hall–Kier alpha value is -1.59. The number of hydrogen-bond donors (Lipinski definition) is 3. The highest BCUT2D eigenvalue weighted by molar-refractivity contribution is 5.74. The molecule has 3 rings (SSSR count). The number of benzene rings is 1. The van der Waals surface area contributed by atoms with Gasteiger partial charge in [-0.2, -0.15) is 0 Å². The van der Waals surface area contributed by atoms with Gasteiger partial charge >= 0.3 is 6.03 Å². The first-order chi connectivity index (χ1) is 12.2. The highest BCUT2D eigenvalue weighted by atomic mass is 16.5. The molecule has 5 heteroatoms. The maximum Gasteiger partial charge on any atom is 0.315 e. The van der Waals surface area contributed by atoms with E-state index in [1.165, 1.54) is 0 Å². The van der Waals surface area contributed by atoms with Gasteiger partial charge < -0.3 is 20.5 Å². The fourth-order valence-corrected chi connectivity index (χ4v) is 3.88. The van der Waals surface area contributed by atoms with E-state index in [-0.39, 0.29) is 24.2 Å². The summed E-state index contributed by atoms with van der Waals surface area (Å²) in [6.07, 6.45) is 6.12. The molecule has 1 aliphatic heterocycles. The van der Waals surface area contributed by atoms with Crippen molar-refractivity contribution in [3.05, 3.63) is 35.9 Å². The molecule has 1 saturated carbocycles. The summed E-state index contributed by atoms with van der Waals surface area (Å²) in [5, 5.41) is 15.9. The van der Waals surface area contributed by atoms with Gasteiger partial charge in [-0.25, -0.2) is 4.79 Å². The van der Waals surface area contributed by atoms with Gasteiger partial charge in [-0.15, -0.1) is 0 Å². The number of ether oxygens (including phenoxy) is 1. The van der Waals surface area contributed by atoms with Crippen LogP contribution in [0.5, 0.6) is 0 Å². The van der Waals surface area contributed by atoms with Gasteiger partial charge in [0, 0.05) is 19.3 Å². The minimum atomic E-state index is -0.202. The molecule has 3 N–H and O–H groups in total. The summed E-state index contributed by atoms with van der Waals surface area (Å²) in [7, 11) is 0. The zero-order valence-electron chi connectivity index (χ0n) is 14.8. The summed E-state index contributed by atoms with van der Waals surface area (Å²) in [4.78, 5) is 12.5. The minimum absolute atomic E-state index is 0.0264. The Bertz CT molecular complexity index is 523. The zero-order valence-corrected chi connectivity index (χ0v) is 14.8. The van der Waals surface area contributed by atoms with Crippen molar-refractivity contribution in [1.82, 2.24) is 10.6 Å². The molecule has 1 aromatic rings. The van der Waals surface area contributed by atoms with Crippen LogP contribution >= 0.6 is 0 Å². The number of hydrogen-bond acceptors (Lipinski definition) is 3. The van der Waals surface area contributed by atoms with Crippen LogP contribution in [-0.2, 0) is 4.74 Å². The van der Waals surface area contributed by atoms with Crippen LogP contribution in [0.3, 0.4) is 0 Å². The number of carbonyl (C=O) groups excluding carboxylic acids is 1. The summed E-state index contributed by atoms with van der Waals surface area (Å²) < 4.78 is 5.46. The molecule has 0 radical (unpaired) electrons. The summed E-state index contributed by atoms with van der Waals surface area (Å²) in [6.45, 7) is 1.64. The Kier molecular flexibility index (Phi) is 6.70. The molecular formula is C20H30N2O3. The smallest absolute Gasteiger partial charge is 0.315 e. The molecule has 1 atom stereocenters. The van der Waals surface area contributed by atoms with Gasteiger partial charge in [-0.1, -0.05) is 30.3 Å². The van der Waals surface area contributed by atoms with Crippen LogP contribution in [-0.4, -0.2) is 36.5 Å². The van der Waals surface area contributed by atoms with Gasteiger partial charge in [0.1, 0.15) is 0 Å². The highest BCUT2D eigenvalue weighted by Crippen LogP contribution is 2.27. The average Bonchev–Trinajstić information content (AvgIpc) is 2.65. The van der Waals surface area contributed by atoms with Gasteiger partial charge in [0.05, 0.1) is 12.1 Å². The molecule has 1 saturated heterocycles. The Morgan fingerprint density at radius 1 is 1.08 bits per heavy atom. The first-order valence-electron chi connectivity index (χ1n) is 9.58. The molecule has 2 amide bonds. The van der Waals surface area contributed by atoms with E-state index in [9.17, 15) is 9.90 Å². The van der Waals surface area contributed by atoms with E-state index in [1.54, 1.807) is 0 Å². The van der Waals surface area contributed by atoms with Crippen LogP contribution in [0.15, 0.2) is 30.3 Å². The predicted octanol–water partition coefficient (Wildman–Crippen LogP) is 3.15. The molecule has 1 aromatic carbocycles. The third-order valence-electron chi connectivity index (χ3n) is 5.45. The van der Waals surface area contributed by atoms with Crippen molar-refractivity contribution in [2.75, 3.05) is 13.2 Å². The second kappa shape index (κ2) is 9.20. The van der Waals surface area contributed by atoms with Gasteiger partial charge in [-0.05, 0) is 56.4 Å². The van der Waals surface area contributed by atoms with Crippen LogP contribution < -0.4 is 10.6 Å². The van der Waals surface area contributed by atoms with Crippen molar-refractivity contribution in [2.45, 2.75) is 63.1 Å². The number of carbonyl (C=O) groups is 1. The molecule has 0 aromatic heterocycles. The third kappa shape index (κ3) is 5.72. The predicted molar refractivity (Wildman–Crippen MR) is 97.3 cm³/mol. The van der Waals surface area contributed by atoms with Crippen LogP contribution in [0.2, 0.25) is 0 Å². The third-order valence-corrected chi connectivity index (χ3v) is 5.45. The van der Waals surface area contributed by atoms with Gasteiger partial charge in [0.2, 0.25) is 0 Å². The molecule has 1 heterocycles. The quantitative estimate of drug-likeness (QED) is 0.767. The van der Waals surface area contributed by atoms with Crippen molar-refractivity contribution in [3.63, 3.8) is 0 Å². The standard InChI is InChI=1S/C20H30N2O3/c23-18-8-6-17(7-9-18)21-20(24)22-19(16-4-2-1-3-5-16)14-15-10-12-25-13-11-15/h1-5,15,17-19,23H,6-14H2,(H2,21,22,24). The van der Waals surface area contributed by atoms with Crippen molar-refractivity contribution in [2.24, 2.45) is 5.92 Å². The van der Waals surface area contributed by atoms with Gasteiger partial charge in [0.15, 0.2) is 0 Å². The molecule has 25 heavy (non-hydrogen) atoms. The lowest BCUT2D eigenvalue weighted by atomic mass is 9.89. The van der Waals surface area contributed by atoms with Crippen molar-refractivity contribution >= 4 is 6.03 Å². The number of rotatable bonds is 5. The topological polar surface area (TPSA) is 70.6 Å². The number of aliphatic hydroxyl groups is 1. The summed E-state index contributed by atoms with van der Waals surface area (Å²) in [6, 6.07) is 10.3. The molecule has 0 bridgehead atoms. The second-order valence-electron chi connectivity index (χ2n) is 7.38. The van der Waals surface area contributed by atoms with Gasteiger partial charge in [0.25, 0.3) is 0 Å². The van der Waals surface area contributed by atoms with Crippen LogP contribution in [0.1, 0.15) is 56.6 Å². The van der Waals surface area contributed by atoms with E-state index < -0.39 is 0 Å². The molecule has 1 unspecified atom stereocenters. The lowest BCUT2D eigenvalue weighted by Gasteiger charge is -2.30. The summed E-state index contributed by atoms with van der Waals surface area (Å²) >= 11 is 0. The second-order valence-corrected chi connectivity index (χ2v) is 7.38. The van der Waals surface area contributed by atoms with E-state index in [0.29, 0.717) is 5.92 Å². The van der Waals surface area contributed by atoms with Gasteiger partial charge in [-0.3, -0.25) is 0 Å². The largest absolute Gasteiger partial charge is 0.393 e. The maximum atomic E-state index is 12.5. The Morgan fingerprint density at radius 2 is 1.76 bits per heavy atom. The zero-order chi connectivity index (χ0) is 17.5.